The van der Waals surface area contributed by atoms with Crippen molar-refractivity contribution in [1.29, 1.82) is 0 Å². The fourth-order valence-corrected chi connectivity index (χ4v) is 3.78. The zero-order valence-electron chi connectivity index (χ0n) is 14.8. The molecule has 1 aromatic heterocycles. The Labute approximate surface area is 149 Å². The molecule has 1 atom stereocenters. The van der Waals surface area contributed by atoms with Crippen molar-refractivity contribution in [1.82, 2.24) is 10.3 Å². The lowest BCUT2D eigenvalue weighted by Crippen LogP contribution is -2.58. The summed E-state index contributed by atoms with van der Waals surface area (Å²) in [7, 11) is 1.63. The molecule has 1 heterocycles. The number of nitrogens with two attached hydrogens (primary N) is 1. The van der Waals surface area contributed by atoms with Crippen molar-refractivity contribution < 1.29 is 9.53 Å². The van der Waals surface area contributed by atoms with Crippen LogP contribution in [0.15, 0.2) is 36.7 Å². The first-order valence-electron chi connectivity index (χ1n) is 9.09. The highest BCUT2D eigenvalue weighted by Gasteiger charge is 2.37. The van der Waals surface area contributed by atoms with Crippen molar-refractivity contribution in [3.8, 4) is 5.75 Å². The third kappa shape index (κ3) is 4.10. The van der Waals surface area contributed by atoms with Crippen LogP contribution in [0.5, 0.6) is 5.75 Å². The van der Waals surface area contributed by atoms with E-state index in [-0.39, 0.29) is 12.5 Å². The van der Waals surface area contributed by atoms with Crippen molar-refractivity contribution in [2.75, 3.05) is 13.7 Å². The molecule has 5 nitrogen and oxygen atoms in total. The molecule has 1 amide bonds. The minimum Gasteiger partial charge on any atom is -0.489 e. The van der Waals surface area contributed by atoms with Gasteiger partial charge in [-0.3, -0.25) is 9.78 Å². The van der Waals surface area contributed by atoms with Crippen LogP contribution in [0.25, 0.3) is 10.8 Å². The number of nitrogens with zero attached hydrogens (tertiary/aromatic N) is 1. The van der Waals surface area contributed by atoms with E-state index in [1.165, 1.54) is 19.3 Å². The second kappa shape index (κ2) is 7.83. The molecule has 1 aromatic carbocycles. The summed E-state index contributed by atoms with van der Waals surface area (Å²) in [6.07, 6.45) is 10.2. The molecule has 134 valence electrons. The van der Waals surface area contributed by atoms with Crippen LogP contribution in [0.3, 0.4) is 0 Å². The Hall–Kier alpha value is -2.14. The third-order valence-electron chi connectivity index (χ3n) is 5.17. The van der Waals surface area contributed by atoms with Gasteiger partial charge in [0.1, 0.15) is 17.9 Å². The summed E-state index contributed by atoms with van der Waals surface area (Å²) >= 11 is 0. The highest BCUT2D eigenvalue weighted by molar-refractivity contribution is 5.88. The van der Waals surface area contributed by atoms with Gasteiger partial charge in [-0.25, -0.2) is 0 Å². The summed E-state index contributed by atoms with van der Waals surface area (Å²) in [5.41, 5.74) is 5.50. The molecule has 25 heavy (non-hydrogen) atoms. The van der Waals surface area contributed by atoms with E-state index in [4.69, 9.17) is 10.5 Å². The predicted octanol–water partition coefficient (Wildman–Crippen LogP) is 3.03. The number of nitrogens with one attached hydrogen (secondary N) is 1. The number of amides is 1. The lowest BCUT2D eigenvalue weighted by atomic mass is 9.79. The van der Waals surface area contributed by atoms with E-state index < -0.39 is 5.54 Å². The van der Waals surface area contributed by atoms with Crippen LogP contribution in [0, 0.1) is 5.92 Å². The molecule has 0 saturated heterocycles. The van der Waals surface area contributed by atoms with Crippen LogP contribution in [0.2, 0.25) is 0 Å². The highest BCUT2D eigenvalue weighted by Crippen LogP contribution is 2.31. The molecule has 0 spiro atoms. The van der Waals surface area contributed by atoms with Crippen molar-refractivity contribution in [2.24, 2.45) is 11.7 Å². The molecule has 5 heteroatoms. The molecule has 0 radical (unpaired) electrons. The Balaban J connectivity index is 1.76. The van der Waals surface area contributed by atoms with Crippen LogP contribution in [0.1, 0.15) is 38.5 Å². The SMILES string of the molecule is CNC(=O)C(N)(COc1cncc2ccccc12)CC1CCCCC1. The van der Waals surface area contributed by atoms with Crippen LogP contribution in [-0.2, 0) is 4.79 Å². The zero-order valence-corrected chi connectivity index (χ0v) is 14.8. The van der Waals surface area contributed by atoms with Gasteiger partial charge in [0.2, 0.25) is 5.91 Å². The summed E-state index contributed by atoms with van der Waals surface area (Å²) in [5.74, 6) is 0.997. The van der Waals surface area contributed by atoms with Crippen LogP contribution in [-0.4, -0.2) is 30.1 Å². The Morgan fingerprint density at radius 2 is 2.04 bits per heavy atom. The van der Waals surface area contributed by atoms with Gasteiger partial charge in [-0.15, -0.1) is 0 Å². The van der Waals surface area contributed by atoms with Gasteiger partial charge in [-0.1, -0.05) is 56.4 Å². The summed E-state index contributed by atoms with van der Waals surface area (Å²) < 4.78 is 6.00. The Morgan fingerprint density at radius 3 is 2.80 bits per heavy atom. The Morgan fingerprint density at radius 1 is 1.28 bits per heavy atom. The van der Waals surface area contributed by atoms with Crippen molar-refractivity contribution >= 4 is 16.7 Å². The average Bonchev–Trinajstić information content (AvgIpc) is 2.66. The van der Waals surface area contributed by atoms with E-state index in [1.807, 2.05) is 24.3 Å². The number of carbonyl (C=O) groups is 1. The number of fused-ring (bicyclic) bond motifs is 1. The maximum absolute atomic E-state index is 12.5. The number of benzene rings is 1. The quantitative estimate of drug-likeness (QED) is 0.847. The van der Waals surface area contributed by atoms with E-state index >= 15 is 0 Å². The maximum Gasteiger partial charge on any atom is 0.243 e. The standard InChI is InChI=1S/C20H27N3O2/c1-22-19(24)20(21,11-15-7-3-2-4-8-15)14-25-18-13-23-12-16-9-5-6-10-17(16)18/h5-6,9-10,12-13,15H,2-4,7-8,11,14,21H2,1H3,(H,22,24). The monoisotopic (exact) mass is 341 g/mol. The summed E-state index contributed by atoms with van der Waals surface area (Å²) in [6, 6.07) is 7.91. The first-order chi connectivity index (χ1) is 12.1. The molecule has 2 aromatic rings. The molecule has 1 aliphatic rings. The number of likely N-dealkylation sites (N-methyl/N-ethyl adjacent to an activating group) is 1. The number of rotatable bonds is 6. The number of hydrogen-bond donors (Lipinski definition) is 2. The van der Waals surface area contributed by atoms with Crippen molar-refractivity contribution in [3.63, 3.8) is 0 Å². The van der Waals surface area contributed by atoms with Gasteiger partial charge >= 0.3 is 0 Å². The van der Waals surface area contributed by atoms with Gasteiger partial charge in [0.15, 0.2) is 0 Å². The van der Waals surface area contributed by atoms with E-state index in [0.717, 1.165) is 23.6 Å². The molecule has 0 aliphatic heterocycles. The average molecular weight is 341 g/mol. The fraction of sp³-hybridized carbons (Fsp3) is 0.500. The highest BCUT2D eigenvalue weighted by atomic mass is 16.5. The van der Waals surface area contributed by atoms with Gasteiger partial charge in [-0.2, -0.15) is 0 Å². The number of aromatic nitrogens is 1. The predicted molar refractivity (Wildman–Crippen MR) is 99.4 cm³/mol. The molecule has 3 rings (SSSR count). The van der Waals surface area contributed by atoms with Gasteiger partial charge in [-0.05, 0) is 12.3 Å². The fourth-order valence-electron chi connectivity index (χ4n) is 3.78. The number of pyridine rings is 1. The van der Waals surface area contributed by atoms with Crippen LogP contribution in [0.4, 0.5) is 0 Å². The minimum atomic E-state index is -1.02. The topological polar surface area (TPSA) is 77.2 Å². The molecule has 1 saturated carbocycles. The Kier molecular flexibility index (Phi) is 5.53. The molecule has 1 unspecified atom stereocenters. The number of ether oxygens (including phenoxy) is 1. The lowest BCUT2D eigenvalue weighted by molar-refractivity contribution is -0.127. The van der Waals surface area contributed by atoms with E-state index in [0.29, 0.717) is 18.1 Å². The zero-order chi connectivity index (χ0) is 17.7. The summed E-state index contributed by atoms with van der Waals surface area (Å²) in [6.45, 7) is 0.152. The molecule has 3 N–H and O–H groups in total. The second-order valence-electron chi connectivity index (χ2n) is 7.09. The first-order valence-corrected chi connectivity index (χ1v) is 9.09. The minimum absolute atomic E-state index is 0.152. The van der Waals surface area contributed by atoms with Crippen molar-refractivity contribution in [2.45, 2.75) is 44.1 Å². The molecular formula is C20H27N3O2. The van der Waals surface area contributed by atoms with Gasteiger partial charge in [0, 0.05) is 24.0 Å². The lowest BCUT2D eigenvalue weighted by Gasteiger charge is -2.33. The number of hydrogen-bond acceptors (Lipinski definition) is 4. The van der Waals surface area contributed by atoms with Gasteiger partial charge in [0.25, 0.3) is 0 Å². The maximum atomic E-state index is 12.5. The van der Waals surface area contributed by atoms with E-state index in [9.17, 15) is 4.79 Å². The van der Waals surface area contributed by atoms with Gasteiger partial charge < -0.3 is 15.8 Å². The summed E-state index contributed by atoms with van der Waals surface area (Å²) in [5, 5.41) is 4.70. The second-order valence-corrected chi connectivity index (χ2v) is 7.09. The van der Waals surface area contributed by atoms with Crippen molar-refractivity contribution in [3.05, 3.63) is 36.7 Å². The summed E-state index contributed by atoms with van der Waals surface area (Å²) in [4.78, 5) is 16.7. The molecule has 1 aliphatic carbocycles. The van der Waals surface area contributed by atoms with E-state index in [1.54, 1.807) is 19.4 Å². The van der Waals surface area contributed by atoms with Crippen LogP contribution < -0.4 is 15.8 Å². The smallest absolute Gasteiger partial charge is 0.243 e. The van der Waals surface area contributed by atoms with Crippen LogP contribution >= 0.6 is 0 Å². The molecular weight excluding hydrogens is 314 g/mol. The largest absolute Gasteiger partial charge is 0.489 e. The van der Waals surface area contributed by atoms with E-state index in [2.05, 4.69) is 10.3 Å². The van der Waals surface area contributed by atoms with Gasteiger partial charge in [0.05, 0.1) is 6.20 Å². The molecule has 0 bridgehead atoms. The Bertz CT molecular complexity index is 722. The third-order valence-corrected chi connectivity index (χ3v) is 5.17. The number of carbonyl (C=O) groups excluding carboxylic acids is 1. The molecule has 1 fully saturated rings. The normalized spacial score (nSPS) is 17.8. The first kappa shape index (κ1) is 17.7.